The largest absolute Gasteiger partial charge is 0.310 e. The summed E-state index contributed by atoms with van der Waals surface area (Å²) >= 11 is 0. The zero-order valence-corrected chi connectivity index (χ0v) is 27.5. The fourth-order valence-electron chi connectivity index (χ4n) is 7.27. The second-order valence-corrected chi connectivity index (χ2v) is 12.6. The third kappa shape index (κ3) is 5.24. The van der Waals surface area contributed by atoms with Gasteiger partial charge in [0.1, 0.15) is 0 Å². The molecule has 0 amide bonds. The monoisotopic (exact) mass is 638 g/mol. The highest BCUT2D eigenvalue weighted by Gasteiger charge is 2.21. The Morgan fingerprint density at radius 1 is 0.320 bits per heavy atom. The fourth-order valence-corrected chi connectivity index (χ4v) is 7.27. The van der Waals surface area contributed by atoms with Crippen LogP contribution in [0.5, 0.6) is 0 Å². The van der Waals surface area contributed by atoms with Gasteiger partial charge in [0.05, 0.1) is 22.4 Å². The zero-order valence-electron chi connectivity index (χ0n) is 27.5. The minimum Gasteiger partial charge on any atom is -0.310 e. The lowest BCUT2D eigenvalue weighted by molar-refractivity contribution is 1.18. The average molecular weight is 639 g/mol. The Hall–Kier alpha value is -6.64. The van der Waals surface area contributed by atoms with Crippen LogP contribution < -0.4 is 4.90 Å². The number of aromatic nitrogens is 1. The molecule has 0 radical (unpaired) electrons. The van der Waals surface area contributed by atoms with Crippen molar-refractivity contribution < 1.29 is 0 Å². The second-order valence-electron chi connectivity index (χ2n) is 12.6. The van der Waals surface area contributed by atoms with Gasteiger partial charge in [0, 0.05) is 33.3 Å². The first-order chi connectivity index (χ1) is 24.8. The van der Waals surface area contributed by atoms with Crippen LogP contribution >= 0.6 is 0 Å². The summed E-state index contributed by atoms with van der Waals surface area (Å²) in [5.74, 6) is 0. The van der Waals surface area contributed by atoms with Gasteiger partial charge in [-0.25, -0.2) is 0 Å². The lowest BCUT2D eigenvalue weighted by Gasteiger charge is -2.28. The molecule has 50 heavy (non-hydrogen) atoms. The molecule has 0 spiro atoms. The first kappa shape index (κ1) is 29.5. The Morgan fingerprint density at radius 3 is 1.26 bits per heavy atom. The van der Waals surface area contributed by atoms with Crippen molar-refractivity contribution in [1.29, 1.82) is 0 Å². The van der Waals surface area contributed by atoms with Crippen molar-refractivity contribution in [2.45, 2.75) is 0 Å². The summed E-state index contributed by atoms with van der Waals surface area (Å²) in [4.78, 5) is 2.36. The number of fused-ring (bicyclic) bond motifs is 3. The minimum atomic E-state index is 1.11. The smallest absolute Gasteiger partial charge is 0.0547 e. The minimum absolute atomic E-state index is 1.11. The van der Waals surface area contributed by atoms with Crippen LogP contribution in [0.1, 0.15) is 0 Å². The number of nitrogens with zero attached hydrogens (tertiary/aromatic N) is 2. The predicted octanol–water partition coefficient (Wildman–Crippen LogP) is 13.3. The summed E-state index contributed by atoms with van der Waals surface area (Å²) < 4.78 is 2.48. The fraction of sp³-hybridized carbons (Fsp3) is 0. The molecule has 236 valence electrons. The van der Waals surface area contributed by atoms with Gasteiger partial charge in [-0.2, -0.15) is 0 Å². The SMILES string of the molecule is c1ccc(-c2ccc3c4ccc(-c5ccccc5)cc4n(-c4ccccc4-c4ccccc4N(c4ccccc4)c4ccccc4)c3c2)cc1. The van der Waals surface area contributed by atoms with Crippen molar-refractivity contribution in [3.05, 3.63) is 206 Å². The molecule has 0 atom stereocenters. The van der Waals surface area contributed by atoms with E-state index in [0.717, 1.165) is 33.9 Å². The Labute approximate surface area is 292 Å². The number of rotatable bonds is 7. The lowest BCUT2D eigenvalue weighted by Crippen LogP contribution is -2.11. The molecule has 0 fully saturated rings. The first-order valence-corrected chi connectivity index (χ1v) is 17.1. The predicted molar refractivity (Wildman–Crippen MR) is 212 cm³/mol. The maximum Gasteiger partial charge on any atom is 0.0547 e. The number of para-hydroxylation sites is 4. The van der Waals surface area contributed by atoms with E-state index in [-0.39, 0.29) is 0 Å². The molecule has 0 unspecified atom stereocenters. The molecule has 0 aliphatic heterocycles. The van der Waals surface area contributed by atoms with E-state index in [1.165, 1.54) is 44.1 Å². The third-order valence-corrected chi connectivity index (χ3v) is 9.59. The van der Waals surface area contributed by atoms with Gasteiger partial charge in [-0.05, 0) is 70.8 Å². The Morgan fingerprint density at radius 2 is 0.740 bits per heavy atom. The standard InChI is InChI=1S/C48H34N2/c1-5-17-35(18-6-1)37-29-31-43-44-32-30-38(36-19-7-2-8-20-36)34-48(44)50(47(43)33-37)46-28-16-14-26-42(46)41-25-13-15-27-45(41)49(39-21-9-3-10-22-39)40-23-11-4-12-24-40/h1-34H. The molecule has 0 bridgehead atoms. The van der Waals surface area contributed by atoms with Crippen molar-refractivity contribution in [2.75, 3.05) is 4.90 Å². The van der Waals surface area contributed by atoms with Crippen LogP contribution in [0.15, 0.2) is 206 Å². The van der Waals surface area contributed by atoms with Crippen LogP contribution in [-0.2, 0) is 0 Å². The van der Waals surface area contributed by atoms with Crippen molar-refractivity contribution >= 4 is 38.9 Å². The van der Waals surface area contributed by atoms with E-state index in [4.69, 9.17) is 0 Å². The van der Waals surface area contributed by atoms with E-state index in [9.17, 15) is 0 Å². The number of hydrogen-bond donors (Lipinski definition) is 0. The molecule has 0 N–H and O–H groups in total. The average Bonchev–Trinajstić information content (AvgIpc) is 3.52. The third-order valence-electron chi connectivity index (χ3n) is 9.59. The molecule has 2 heteroatoms. The van der Waals surface area contributed by atoms with E-state index in [1.807, 2.05) is 0 Å². The van der Waals surface area contributed by atoms with Crippen molar-refractivity contribution in [1.82, 2.24) is 4.57 Å². The topological polar surface area (TPSA) is 8.17 Å². The molecule has 0 aliphatic rings. The maximum atomic E-state index is 2.48. The van der Waals surface area contributed by atoms with Crippen LogP contribution in [-0.4, -0.2) is 4.57 Å². The van der Waals surface area contributed by atoms with Crippen LogP contribution in [0.4, 0.5) is 17.1 Å². The molecule has 1 heterocycles. The summed E-state index contributed by atoms with van der Waals surface area (Å²) in [5.41, 5.74) is 14.0. The van der Waals surface area contributed by atoms with Gasteiger partial charge in [-0.1, -0.05) is 158 Å². The Kier molecular flexibility index (Phi) is 7.53. The Bertz CT molecular complexity index is 2430. The summed E-state index contributed by atoms with van der Waals surface area (Å²) in [5, 5.41) is 2.47. The molecule has 8 aromatic carbocycles. The summed E-state index contributed by atoms with van der Waals surface area (Å²) in [6, 6.07) is 74.1. The molecule has 9 rings (SSSR count). The van der Waals surface area contributed by atoms with E-state index in [2.05, 4.69) is 216 Å². The van der Waals surface area contributed by atoms with Gasteiger partial charge in [0.15, 0.2) is 0 Å². The van der Waals surface area contributed by atoms with Crippen molar-refractivity contribution in [3.63, 3.8) is 0 Å². The highest BCUT2D eigenvalue weighted by molar-refractivity contribution is 6.12. The normalized spacial score (nSPS) is 11.2. The number of anilines is 3. The maximum absolute atomic E-state index is 2.48. The van der Waals surface area contributed by atoms with Crippen molar-refractivity contribution in [2.24, 2.45) is 0 Å². The van der Waals surface area contributed by atoms with E-state index < -0.39 is 0 Å². The van der Waals surface area contributed by atoms with Crippen LogP contribution in [0.25, 0.3) is 60.9 Å². The molecular weight excluding hydrogens is 605 g/mol. The van der Waals surface area contributed by atoms with E-state index in [0.29, 0.717) is 0 Å². The molecule has 1 aromatic heterocycles. The highest BCUT2D eigenvalue weighted by Crippen LogP contribution is 2.44. The number of benzene rings is 8. The molecule has 9 aromatic rings. The zero-order chi connectivity index (χ0) is 33.3. The summed E-state index contributed by atoms with van der Waals surface area (Å²) in [6.07, 6.45) is 0. The van der Waals surface area contributed by atoms with Gasteiger partial charge in [-0.15, -0.1) is 0 Å². The van der Waals surface area contributed by atoms with E-state index >= 15 is 0 Å². The van der Waals surface area contributed by atoms with Gasteiger partial charge in [-0.3, -0.25) is 0 Å². The van der Waals surface area contributed by atoms with Crippen LogP contribution in [0.3, 0.4) is 0 Å². The molecule has 0 saturated carbocycles. The Balaban J connectivity index is 1.33. The second kappa shape index (κ2) is 12.8. The molecule has 2 nitrogen and oxygen atoms in total. The van der Waals surface area contributed by atoms with E-state index in [1.54, 1.807) is 0 Å². The van der Waals surface area contributed by atoms with Gasteiger partial charge >= 0.3 is 0 Å². The van der Waals surface area contributed by atoms with Gasteiger partial charge in [0.2, 0.25) is 0 Å². The first-order valence-electron chi connectivity index (χ1n) is 17.1. The van der Waals surface area contributed by atoms with Crippen LogP contribution in [0, 0.1) is 0 Å². The van der Waals surface area contributed by atoms with Gasteiger partial charge in [0.25, 0.3) is 0 Å². The number of hydrogen-bond acceptors (Lipinski definition) is 1. The molecule has 0 saturated heterocycles. The summed E-state index contributed by atoms with van der Waals surface area (Å²) in [6.45, 7) is 0. The molecule has 0 aliphatic carbocycles. The van der Waals surface area contributed by atoms with Gasteiger partial charge < -0.3 is 9.47 Å². The lowest BCUT2D eigenvalue weighted by atomic mass is 9.99. The van der Waals surface area contributed by atoms with Crippen LogP contribution in [0.2, 0.25) is 0 Å². The quantitative estimate of drug-likeness (QED) is 0.169. The summed E-state index contributed by atoms with van der Waals surface area (Å²) in [7, 11) is 0. The van der Waals surface area contributed by atoms with Crippen molar-refractivity contribution in [3.8, 4) is 39.1 Å². The highest BCUT2D eigenvalue weighted by atomic mass is 15.1. The molecular formula is C48H34N2.